The van der Waals surface area contributed by atoms with Gasteiger partial charge in [0.1, 0.15) is 17.1 Å². The van der Waals surface area contributed by atoms with Crippen LogP contribution < -0.4 is 15.1 Å². The van der Waals surface area contributed by atoms with Crippen molar-refractivity contribution in [3.05, 3.63) is 70.1 Å². The Bertz CT molecular complexity index is 1130. The van der Waals surface area contributed by atoms with Crippen molar-refractivity contribution >= 4 is 16.9 Å². The number of carbonyl (C=O) groups is 1. The molecule has 0 aliphatic rings. The predicted octanol–water partition coefficient (Wildman–Crippen LogP) is 5.70. The molecule has 0 unspecified atom stereocenters. The number of hydrogen-bond donors (Lipinski definition) is 0. The molecule has 0 radical (unpaired) electrons. The van der Waals surface area contributed by atoms with Crippen molar-refractivity contribution in [2.75, 3.05) is 6.61 Å². The van der Waals surface area contributed by atoms with Gasteiger partial charge in [-0.05, 0) is 36.1 Å². The Labute approximate surface area is 176 Å². The van der Waals surface area contributed by atoms with Crippen LogP contribution in [-0.2, 0) is 11.0 Å². The molecule has 1 aromatic heterocycles. The summed E-state index contributed by atoms with van der Waals surface area (Å²) in [6, 6.07) is 11.5. The molecule has 0 amide bonds. The van der Waals surface area contributed by atoms with Crippen LogP contribution >= 0.6 is 0 Å². The highest BCUT2D eigenvalue weighted by Gasteiger charge is 2.33. The minimum absolute atomic E-state index is 0.104. The van der Waals surface area contributed by atoms with Crippen molar-refractivity contribution in [2.45, 2.75) is 38.8 Å². The molecule has 0 aliphatic heterocycles. The fourth-order valence-electron chi connectivity index (χ4n) is 3.10. The van der Waals surface area contributed by atoms with Crippen LogP contribution in [0.2, 0.25) is 0 Å². The van der Waals surface area contributed by atoms with Crippen molar-refractivity contribution in [1.29, 1.82) is 0 Å². The van der Waals surface area contributed by atoms with Crippen molar-refractivity contribution in [1.82, 2.24) is 0 Å². The largest absolute Gasteiger partial charge is 0.493 e. The topological polar surface area (TPSA) is 65.7 Å². The molecule has 3 aromatic rings. The maximum absolute atomic E-state index is 13.1. The first kappa shape index (κ1) is 22.4. The maximum atomic E-state index is 13.1. The summed E-state index contributed by atoms with van der Waals surface area (Å²) in [5, 5.41) is -0.230. The summed E-state index contributed by atoms with van der Waals surface area (Å²) in [5.41, 5.74) is -1.44. The minimum Gasteiger partial charge on any atom is -0.493 e. The number of hydrogen-bond acceptors (Lipinski definition) is 5. The first-order chi connectivity index (χ1) is 14.6. The third kappa shape index (κ3) is 5.65. The molecule has 0 saturated heterocycles. The summed E-state index contributed by atoms with van der Waals surface area (Å²) >= 11 is 0. The lowest BCUT2D eigenvalue weighted by Gasteiger charge is -2.13. The van der Waals surface area contributed by atoms with E-state index in [0.717, 1.165) is 5.56 Å². The van der Waals surface area contributed by atoms with Gasteiger partial charge in [-0.25, -0.2) is 4.79 Å². The molecule has 0 N–H and O–H groups in total. The molecule has 5 nitrogen and oxygen atoms in total. The van der Waals surface area contributed by atoms with Gasteiger partial charge in [-0.2, -0.15) is 13.2 Å². The molecule has 2 aromatic carbocycles. The highest BCUT2D eigenvalue weighted by molar-refractivity contribution is 5.82. The normalized spacial score (nSPS) is 11.7. The van der Waals surface area contributed by atoms with Gasteiger partial charge in [-0.3, -0.25) is 4.79 Å². The van der Waals surface area contributed by atoms with Gasteiger partial charge < -0.3 is 13.9 Å². The smallest absolute Gasteiger partial charge is 0.417 e. The number of benzene rings is 2. The van der Waals surface area contributed by atoms with E-state index in [0.29, 0.717) is 18.2 Å². The van der Waals surface area contributed by atoms with Crippen molar-refractivity contribution < 1.29 is 31.9 Å². The number of halogens is 3. The monoisotopic (exact) mass is 434 g/mol. The Morgan fingerprint density at radius 3 is 2.55 bits per heavy atom. The standard InChI is InChI=1S/C23H21F3O5/c1-14(2)16-6-3-4-7-19(16)30-21(27)8-5-11-29-15-9-10-17-18(23(24,25)26)13-22(28)31-20(17)12-15/h3-4,6-7,9-10,12-14H,5,8,11H2,1-2H3. The van der Waals surface area contributed by atoms with Gasteiger partial charge in [0.25, 0.3) is 0 Å². The van der Waals surface area contributed by atoms with Crippen molar-refractivity contribution in [3.8, 4) is 11.5 Å². The van der Waals surface area contributed by atoms with E-state index in [-0.39, 0.29) is 35.7 Å². The lowest BCUT2D eigenvalue weighted by Crippen LogP contribution is -2.12. The number of fused-ring (bicyclic) bond motifs is 1. The van der Waals surface area contributed by atoms with E-state index in [1.165, 1.54) is 18.2 Å². The SMILES string of the molecule is CC(C)c1ccccc1OC(=O)CCCOc1ccc2c(C(F)(F)F)cc(=O)oc2c1. The van der Waals surface area contributed by atoms with Crippen LogP contribution in [0.25, 0.3) is 11.0 Å². The maximum Gasteiger partial charge on any atom is 0.417 e. The van der Waals surface area contributed by atoms with Gasteiger partial charge in [0.15, 0.2) is 0 Å². The zero-order chi connectivity index (χ0) is 22.6. The number of ether oxygens (including phenoxy) is 2. The fourth-order valence-corrected chi connectivity index (χ4v) is 3.10. The van der Waals surface area contributed by atoms with Crippen LogP contribution in [-0.4, -0.2) is 12.6 Å². The average molecular weight is 434 g/mol. The lowest BCUT2D eigenvalue weighted by molar-refractivity contribution is -0.136. The van der Waals surface area contributed by atoms with Crippen LogP contribution in [0.1, 0.15) is 43.7 Å². The first-order valence-corrected chi connectivity index (χ1v) is 9.72. The van der Waals surface area contributed by atoms with E-state index in [2.05, 4.69) is 0 Å². The van der Waals surface area contributed by atoms with Crippen LogP contribution in [0.5, 0.6) is 11.5 Å². The highest BCUT2D eigenvalue weighted by atomic mass is 19.4. The number of para-hydroxylation sites is 1. The molecule has 0 atom stereocenters. The number of alkyl halides is 3. The predicted molar refractivity (Wildman–Crippen MR) is 108 cm³/mol. The second-order valence-electron chi connectivity index (χ2n) is 7.25. The zero-order valence-electron chi connectivity index (χ0n) is 17.0. The summed E-state index contributed by atoms with van der Waals surface area (Å²) in [6.07, 6.45) is -4.23. The van der Waals surface area contributed by atoms with E-state index in [1.54, 1.807) is 12.1 Å². The van der Waals surface area contributed by atoms with Crippen LogP contribution in [0.4, 0.5) is 13.2 Å². The molecule has 31 heavy (non-hydrogen) atoms. The van der Waals surface area contributed by atoms with E-state index in [4.69, 9.17) is 13.9 Å². The highest BCUT2D eigenvalue weighted by Crippen LogP contribution is 2.35. The van der Waals surface area contributed by atoms with Gasteiger partial charge in [-0.1, -0.05) is 32.0 Å². The molecular formula is C23H21F3O5. The van der Waals surface area contributed by atoms with Gasteiger partial charge in [0, 0.05) is 23.9 Å². The molecule has 1 heterocycles. The third-order valence-electron chi connectivity index (χ3n) is 4.58. The lowest BCUT2D eigenvalue weighted by atomic mass is 10.0. The Morgan fingerprint density at radius 2 is 1.84 bits per heavy atom. The summed E-state index contributed by atoms with van der Waals surface area (Å²) in [4.78, 5) is 23.6. The van der Waals surface area contributed by atoms with Crippen LogP contribution in [0, 0.1) is 0 Å². The van der Waals surface area contributed by atoms with Gasteiger partial charge in [0.05, 0.1) is 12.2 Å². The van der Waals surface area contributed by atoms with Gasteiger partial charge in [0.2, 0.25) is 0 Å². The summed E-state index contributed by atoms with van der Waals surface area (Å²) < 4.78 is 55.1. The molecule has 0 aliphatic carbocycles. The molecule has 3 rings (SSSR count). The van der Waals surface area contributed by atoms with Gasteiger partial charge in [-0.15, -0.1) is 0 Å². The average Bonchev–Trinajstić information content (AvgIpc) is 2.70. The number of esters is 1. The Morgan fingerprint density at radius 1 is 1.10 bits per heavy atom. The van der Waals surface area contributed by atoms with Crippen LogP contribution in [0.3, 0.4) is 0 Å². The fraction of sp³-hybridized carbons (Fsp3) is 0.304. The van der Waals surface area contributed by atoms with Gasteiger partial charge >= 0.3 is 17.8 Å². The quantitative estimate of drug-likeness (QED) is 0.207. The molecule has 0 saturated carbocycles. The van der Waals surface area contributed by atoms with E-state index < -0.39 is 23.3 Å². The van der Waals surface area contributed by atoms with Crippen LogP contribution in [0.15, 0.2) is 57.7 Å². The number of carbonyl (C=O) groups excluding carboxylic acids is 1. The zero-order valence-corrected chi connectivity index (χ0v) is 17.0. The van der Waals surface area contributed by atoms with Crippen molar-refractivity contribution in [3.63, 3.8) is 0 Å². The summed E-state index contributed by atoms with van der Waals surface area (Å²) in [7, 11) is 0. The van der Waals surface area contributed by atoms with E-state index >= 15 is 0 Å². The third-order valence-corrected chi connectivity index (χ3v) is 4.58. The molecule has 0 bridgehead atoms. The van der Waals surface area contributed by atoms with E-state index in [1.807, 2.05) is 26.0 Å². The van der Waals surface area contributed by atoms with E-state index in [9.17, 15) is 22.8 Å². The summed E-state index contributed by atoms with van der Waals surface area (Å²) in [5.74, 6) is 0.552. The molecule has 8 heteroatoms. The molecular weight excluding hydrogens is 413 g/mol. The number of rotatable bonds is 7. The molecule has 0 spiro atoms. The first-order valence-electron chi connectivity index (χ1n) is 9.72. The Kier molecular flexibility index (Phi) is 6.68. The summed E-state index contributed by atoms with van der Waals surface area (Å²) in [6.45, 7) is 4.14. The second-order valence-corrected chi connectivity index (χ2v) is 7.25. The van der Waals surface area contributed by atoms with Crippen molar-refractivity contribution in [2.24, 2.45) is 0 Å². The minimum atomic E-state index is -4.68. The molecule has 0 fully saturated rings. The second kappa shape index (κ2) is 9.24. The molecule has 164 valence electrons. The Balaban J connectivity index is 1.59. The Hall–Kier alpha value is -3.29.